The molecule has 4 heteroatoms. The lowest BCUT2D eigenvalue weighted by Gasteiger charge is -2.34. The predicted octanol–water partition coefficient (Wildman–Crippen LogP) is 3.29. The Bertz CT molecular complexity index is 418. The van der Waals surface area contributed by atoms with Crippen LogP contribution >= 0.6 is 11.6 Å². The van der Waals surface area contributed by atoms with Gasteiger partial charge in [0.05, 0.1) is 12.1 Å². The summed E-state index contributed by atoms with van der Waals surface area (Å²) >= 11 is 5.96. The normalized spacial score (nSPS) is 22.9. The van der Waals surface area contributed by atoms with Crippen LogP contribution in [0.5, 0.6) is 0 Å². The molecular formula is C16H22ClNO2. The summed E-state index contributed by atoms with van der Waals surface area (Å²) in [5.41, 5.74) is 1.05. The van der Waals surface area contributed by atoms with E-state index in [4.69, 9.17) is 16.3 Å². The molecule has 20 heavy (non-hydrogen) atoms. The molecule has 1 amide bonds. The Kier molecular flexibility index (Phi) is 5.86. The van der Waals surface area contributed by atoms with Crippen LogP contribution in [-0.4, -0.2) is 24.5 Å². The summed E-state index contributed by atoms with van der Waals surface area (Å²) < 4.78 is 5.51. The van der Waals surface area contributed by atoms with Gasteiger partial charge in [0.2, 0.25) is 5.91 Å². The Labute approximate surface area is 125 Å². The number of benzene rings is 1. The van der Waals surface area contributed by atoms with Gasteiger partial charge in [-0.25, -0.2) is 0 Å². The Hall–Kier alpha value is -1.06. The summed E-state index contributed by atoms with van der Waals surface area (Å²) in [6, 6.07) is 9.75. The first-order valence-electron chi connectivity index (χ1n) is 7.24. The molecular weight excluding hydrogens is 274 g/mol. The Balaban J connectivity index is 1.76. The smallest absolute Gasteiger partial charge is 0.220 e. The second-order valence-corrected chi connectivity index (χ2v) is 5.61. The zero-order valence-electron chi connectivity index (χ0n) is 11.8. The van der Waals surface area contributed by atoms with Crippen molar-refractivity contribution in [2.45, 2.75) is 38.3 Å². The van der Waals surface area contributed by atoms with Gasteiger partial charge in [-0.15, -0.1) is 11.6 Å². The van der Waals surface area contributed by atoms with Crippen molar-refractivity contribution in [3.63, 3.8) is 0 Å². The third-order valence-corrected chi connectivity index (χ3v) is 4.07. The third-order valence-electron chi connectivity index (χ3n) is 3.76. The van der Waals surface area contributed by atoms with Gasteiger partial charge in [-0.05, 0) is 31.2 Å². The Morgan fingerprint density at radius 2 is 2.10 bits per heavy atom. The van der Waals surface area contributed by atoms with Gasteiger partial charge in [0.15, 0.2) is 0 Å². The topological polar surface area (TPSA) is 38.3 Å². The average Bonchev–Trinajstić information content (AvgIpc) is 2.43. The molecule has 0 heterocycles. The quantitative estimate of drug-likeness (QED) is 0.784. The first-order chi connectivity index (χ1) is 9.72. The minimum absolute atomic E-state index is 0.0828. The molecule has 0 radical (unpaired) electrons. The highest BCUT2D eigenvalue weighted by atomic mass is 35.5. The highest BCUT2D eigenvalue weighted by Crippen LogP contribution is 2.32. The van der Waals surface area contributed by atoms with Gasteiger partial charge in [0, 0.05) is 18.9 Å². The second-order valence-electron chi connectivity index (χ2n) is 5.30. The van der Waals surface area contributed by atoms with E-state index >= 15 is 0 Å². The number of halogens is 1. The fourth-order valence-corrected chi connectivity index (χ4v) is 2.88. The number of rotatable bonds is 7. The highest BCUT2D eigenvalue weighted by Gasteiger charge is 2.31. The van der Waals surface area contributed by atoms with E-state index in [1.807, 2.05) is 37.3 Å². The van der Waals surface area contributed by atoms with Crippen LogP contribution in [0.2, 0.25) is 0 Å². The number of amides is 1. The fraction of sp³-hybridized carbons (Fsp3) is 0.562. The maximum absolute atomic E-state index is 12.0. The van der Waals surface area contributed by atoms with Crippen molar-refractivity contribution in [2.75, 3.05) is 12.5 Å². The maximum Gasteiger partial charge on any atom is 0.220 e. The number of nitrogens with one attached hydrogen (secondary N) is 1. The van der Waals surface area contributed by atoms with E-state index in [9.17, 15) is 4.79 Å². The van der Waals surface area contributed by atoms with Gasteiger partial charge < -0.3 is 10.1 Å². The van der Waals surface area contributed by atoms with Crippen molar-refractivity contribution in [3.05, 3.63) is 35.9 Å². The molecule has 1 aromatic rings. The van der Waals surface area contributed by atoms with E-state index in [1.54, 1.807) is 0 Å². The van der Waals surface area contributed by atoms with Gasteiger partial charge in [-0.2, -0.15) is 0 Å². The van der Waals surface area contributed by atoms with Gasteiger partial charge in [-0.1, -0.05) is 30.3 Å². The van der Waals surface area contributed by atoms with E-state index in [2.05, 4.69) is 5.32 Å². The number of alkyl halides is 1. The maximum atomic E-state index is 12.0. The van der Waals surface area contributed by atoms with Gasteiger partial charge >= 0.3 is 0 Å². The molecule has 1 unspecified atom stereocenters. The first kappa shape index (κ1) is 15.3. The third kappa shape index (κ3) is 4.22. The summed E-state index contributed by atoms with van der Waals surface area (Å²) in [5, 5.41) is 3.02. The monoisotopic (exact) mass is 295 g/mol. The summed E-state index contributed by atoms with van der Waals surface area (Å²) in [7, 11) is 0. The van der Waals surface area contributed by atoms with Crippen LogP contribution in [0.4, 0.5) is 0 Å². The standard InChI is InChI=1S/C16H22ClNO2/c1-2-20-14-8-12(9-14)10-16(19)18-15(11-17)13-6-4-3-5-7-13/h3-7,12,14-15H,2,8-11H2,1H3,(H,18,19). The van der Waals surface area contributed by atoms with Crippen LogP contribution in [0.1, 0.15) is 37.8 Å². The van der Waals surface area contributed by atoms with Crippen LogP contribution in [0.3, 0.4) is 0 Å². The molecule has 1 N–H and O–H groups in total. The number of carbonyl (C=O) groups is 1. The van der Waals surface area contributed by atoms with Crippen LogP contribution < -0.4 is 5.32 Å². The summed E-state index contributed by atoms with van der Waals surface area (Å²) in [6.07, 6.45) is 2.93. The summed E-state index contributed by atoms with van der Waals surface area (Å²) in [6.45, 7) is 2.76. The van der Waals surface area contributed by atoms with Crippen molar-refractivity contribution in [2.24, 2.45) is 5.92 Å². The molecule has 0 bridgehead atoms. The van der Waals surface area contributed by atoms with Crippen LogP contribution in [0, 0.1) is 5.92 Å². The lowest BCUT2D eigenvalue weighted by atomic mass is 9.80. The van der Waals surface area contributed by atoms with Gasteiger partial charge in [0.1, 0.15) is 0 Å². The summed E-state index contributed by atoms with van der Waals surface area (Å²) in [4.78, 5) is 12.0. The molecule has 0 saturated heterocycles. The molecule has 0 aromatic heterocycles. The van der Waals surface area contributed by atoms with Crippen LogP contribution in [0.25, 0.3) is 0 Å². The van der Waals surface area contributed by atoms with E-state index in [1.165, 1.54) is 0 Å². The van der Waals surface area contributed by atoms with Crippen molar-refractivity contribution in [1.29, 1.82) is 0 Å². The number of hydrogen-bond donors (Lipinski definition) is 1. The van der Waals surface area contributed by atoms with Crippen molar-refractivity contribution >= 4 is 17.5 Å². The molecule has 2 rings (SSSR count). The van der Waals surface area contributed by atoms with Crippen LogP contribution in [0.15, 0.2) is 30.3 Å². The van der Waals surface area contributed by atoms with Crippen LogP contribution in [-0.2, 0) is 9.53 Å². The van der Waals surface area contributed by atoms with Gasteiger partial charge in [-0.3, -0.25) is 4.79 Å². The zero-order chi connectivity index (χ0) is 14.4. The number of ether oxygens (including phenoxy) is 1. The van der Waals surface area contributed by atoms with Crippen molar-refractivity contribution in [3.8, 4) is 0 Å². The second kappa shape index (κ2) is 7.65. The lowest BCUT2D eigenvalue weighted by molar-refractivity contribution is -0.124. The molecule has 1 aromatic carbocycles. The molecule has 1 saturated carbocycles. The van der Waals surface area contributed by atoms with E-state index < -0.39 is 0 Å². The molecule has 1 aliphatic rings. The molecule has 0 spiro atoms. The Morgan fingerprint density at radius 1 is 1.40 bits per heavy atom. The van der Waals surface area contributed by atoms with Crippen molar-refractivity contribution < 1.29 is 9.53 Å². The Morgan fingerprint density at radius 3 is 2.70 bits per heavy atom. The molecule has 110 valence electrons. The number of carbonyl (C=O) groups excluding carboxylic acids is 1. The molecule has 1 fully saturated rings. The van der Waals surface area contributed by atoms with Gasteiger partial charge in [0.25, 0.3) is 0 Å². The average molecular weight is 296 g/mol. The molecule has 1 aliphatic carbocycles. The first-order valence-corrected chi connectivity index (χ1v) is 7.78. The SMILES string of the molecule is CCOC1CC(CC(=O)NC(CCl)c2ccccc2)C1. The lowest BCUT2D eigenvalue weighted by Crippen LogP contribution is -2.37. The largest absolute Gasteiger partial charge is 0.378 e. The van der Waals surface area contributed by atoms with E-state index in [0.717, 1.165) is 25.0 Å². The molecule has 3 nitrogen and oxygen atoms in total. The number of hydrogen-bond acceptors (Lipinski definition) is 2. The predicted molar refractivity (Wildman–Crippen MR) is 80.8 cm³/mol. The highest BCUT2D eigenvalue weighted by molar-refractivity contribution is 6.18. The fourth-order valence-electron chi connectivity index (χ4n) is 2.62. The molecule has 0 aliphatic heterocycles. The molecule has 1 atom stereocenters. The van der Waals surface area contributed by atoms with E-state index in [-0.39, 0.29) is 11.9 Å². The van der Waals surface area contributed by atoms with Crippen molar-refractivity contribution in [1.82, 2.24) is 5.32 Å². The minimum Gasteiger partial charge on any atom is -0.378 e. The summed E-state index contributed by atoms with van der Waals surface area (Å²) in [5.74, 6) is 0.930. The minimum atomic E-state index is -0.104. The van der Waals surface area contributed by atoms with E-state index in [0.29, 0.717) is 24.3 Å². The zero-order valence-corrected chi connectivity index (χ0v) is 12.6.